The zero-order valence-corrected chi connectivity index (χ0v) is 19.8. The van der Waals surface area contributed by atoms with Crippen molar-refractivity contribution in [2.75, 3.05) is 25.2 Å². The zero-order chi connectivity index (χ0) is 21.1. The van der Waals surface area contributed by atoms with Gasteiger partial charge >= 0.3 is 0 Å². The van der Waals surface area contributed by atoms with E-state index in [-0.39, 0.29) is 12.4 Å². The normalized spacial score (nSPS) is 14.2. The monoisotopic (exact) mass is 459 g/mol. The average Bonchev–Trinajstić information content (AvgIpc) is 3.51. The van der Waals surface area contributed by atoms with E-state index < -0.39 is 0 Å². The smallest absolute Gasteiger partial charge is 0.202 e. The fraction of sp³-hybridized carbons (Fsp3) is 0.348. The molecule has 1 saturated heterocycles. The van der Waals surface area contributed by atoms with Crippen molar-refractivity contribution in [2.24, 2.45) is 0 Å². The summed E-state index contributed by atoms with van der Waals surface area (Å²) in [5, 5.41) is 2.08. The molecule has 4 nitrogen and oxygen atoms in total. The number of carbonyl (C=O) groups is 1. The first-order valence-corrected chi connectivity index (χ1v) is 12.8. The van der Waals surface area contributed by atoms with Crippen LogP contribution in [-0.2, 0) is 6.54 Å². The molecule has 0 bridgehead atoms. The van der Waals surface area contributed by atoms with Crippen LogP contribution < -0.4 is 9.47 Å². The van der Waals surface area contributed by atoms with Crippen molar-refractivity contribution in [3.8, 4) is 11.5 Å². The summed E-state index contributed by atoms with van der Waals surface area (Å²) in [5.74, 6) is 3.62. The van der Waals surface area contributed by atoms with Gasteiger partial charge in [0.05, 0.1) is 18.2 Å². The van der Waals surface area contributed by atoms with Gasteiger partial charge in [-0.1, -0.05) is 12.1 Å². The molecule has 1 aliphatic rings. The molecule has 3 aromatic rings. The van der Waals surface area contributed by atoms with Crippen LogP contribution >= 0.6 is 34.9 Å². The number of ketones is 1. The summed E-state index contributed by atoms with van der Waals surface area (Å²) in [6.07, 6.45) is 0. The zero-order valence-electron chi connectivity index (χ0n) is 17.3. The van der Waals surface area contributed by atoms with E-state index in [0.717, 1.165) is 23.5 Å². The van der Waals surface area contributed by atoms with E-state index in [1.807, 2.05) is 55.6 Å². The maximum atomic E-state index is 12.9. The lowest BCUT2D eigenvalue weighted by Gasteiger charge is -2.14. The summed E-state index contributed by atoms with van der Waals surface area (Å²) in [4.78, 5) is 14.2. The molecular formula is C23H25NO3S3. The molecule has 7 heteroatoms. The van der Waals surface area contributed by atoms with Crippen LogP contribution in [0.25, 0.3) is 0 Å². The lowest BCUT2D eigenvalue weighted by Crippen LogP contribution is -2.13. The van der Waals surface area contributed by atoms with Gasteiger partial charge < -0.3 is 14.0 Å². The van der Waals surface area contributed by atoms with E-state index >= 15 is 0 Å². The molecule has 1 fully saturated rings. The number of aromatic nitrogens is 1. The number of benzene rings is 1. The van der Waals surface area contributed by atoms with Crippen LogP contribution in [-0.4, -0.2) is 35.6 Å². The van der Waals surface area contributed by atoms with Gasteiger partial charge in [-0.25, -0.2) is 0 Å². The van der Waals surface area contributed by atoms with E-state index in [2.05, 4.69) is 28.1 Å². The summed E-state index contributed by atoms with van der Waals surface area (Å²) in [6, 6.07) is 12.2. The molecule has 0 unspecified atom stereocenters. The second-order valence-corrected chi connectivity index (χ2v) is 10.9. The van der Waals surface area contributed by atoms with Crippen LogP contribution in [0.3, 0.4) is 0 Å². The van der Waals surface area contributed by atoms with Gasteiger partial charge in [0.25, 0.3) is 0 Å². The van der Waals surface area contributed by atoms with Gasteiger partial charge in [-0.2, -0.15) is 0 Å². The number of methoxy groups -OCH3 is 1. The Kier molecular flexibility index (Phi) is 6.80. The molecule has 0 amide bonds. The van der Waals surface area contributed by atoms with Gasteiger partial charge in [-0.15, -0.1) is 34.9 Å². The predicted octanol–water partition coefficient (Wildman–Crippen LogP) is 5.96. The van der Waals surface area contributed by atoms with Crippen molar-refractivity contribution >= 4 is 40.6 Å². The molecule has 4 rings (SSSR count). The van der Waals surface area contributed by atoms with Crippen LogP contribution in [0.5, 0.6) is 11.5 Å². The topological polar surface area (TPSA) is 40.5 Å². The molecule has 2 aromatic heterocycles. The fourth-order valence-corrected chi connectivity index (χ4v) is 7.14. The minimum Gasteiger partial charge on any atom is -0.493 e. The number of carbonyl (C=O) groups excluding carboxylic acids is 1. The number of thiophene rings is 1. The molecule has 3 heterocycles. The Labute approximate surface area is 190 Å². The SMILES string of the molecule is COc1cc(C2SCCS2)ccc1OCC(=O)c1cc(C)n(Cc2cccs2)c1C. The Balaban J connectivity index is 1.46. The molecule has 0 aliphatic carbocycles. The second kappa shape index (κ2) is 9.54. The molecule has 0 spiro atoms. The van der Waals surface area contributed by atoms with Gasteiger partial charge in [0.1, 0.15) is 0 Å². The fourth-order valence-electron chi connectivity index (χ4n) is 3.61. The summed E-state index contributed by atoms with van der Waals surface area (Å²) in [7, 11) is 1.64. The quantitative estimate of drug-likeness (QED) is 0.389. The highest BCUT2D eigenvalue weighted by atomic mass is 32.2. The lowest BCUT2D eigenvalue weighted by molar-refractivity contribution is 0.0918. The summed E-state index contributed by atoms with van der Waals surface area (Å²) < 4.78 is 14.0. The third-order valence-electron chi connectivity index (χ3n) is 5.21. The number of Topliss-reactive ketones (excluding diaryl/α,β-unsaturated/α-hetero) is 1. The Morgan fingerprint density at radius 3 is 2.63 bits per heavy atom. The molecule has 0 saturated carbocycles. The summed E-state index contributed by atoms with van der Waals surface area (Å²) >= 11 is 5.63. The van der Waals surface area contributed by atoms with E-state index in [4.69, 9.17) is 9.47 Å². The first-order valence-electron chi connectivity index (χ1n) is 9.83. The van der Waals surface area contributed by atoms with Crippen LogP contribution in [0.4, 0.5) is 0 Å². The largest absolute Gasteiger partial charge is 0.493 e. The van der Waals surface area contributed by atoms with Crippen molar-refractivity contribution in [2.45, 2.75) is 25.0 Å². The second-order valence-electron chi connectivity index (χ2n) is 7.15. The van der Waals surface area contributed by atoms with E-state index in [1.165, 1.54) is 21.9 Å². The first kappa shape index (κ1) is 21.4. The van der Waals surface area contributed by atoms with Crippen molar-refractivity contribution in [1.29, 1.82) is 0 Å². The molecule has 0 atom stereocenters. The molecule has 1 aromatic carbocycles. The molecule has 0 N–H and O–H groups in total. The maximum absolute atomic E-state index is 12.9. The highest BCUT2D eigenvalue weighted by Gasteiger charge is 2.21. The molecule has 158 valence electrons. The highest BCUT2D eigenvalue weighted by Crippen LogP contribution is 2.46. The Morgan fingerprint density at radius 2 is 1.93 bits per heavy atom. The minimum atomic E-state index is -0.0198. The summed E-state index contributed by atoms with van der Waals surface area (Å²) in [6.45, 7) is 4.82. The Morgan fingerprint density at radius 1 is 1.13 bits per heavy atom. The highest BCUT2D eigenvalue weighted by molar-refractivity contribution is 8.19. The van der Waals surface area contributed by atoms with Crippen molar-refractivity contribution < 1.29 is 14.3 Å². The number of rotatable bonds is 8. The number of nitrogens with zero attached hydrogens (tertiary/aromatic N) is 1. The van der Waals surface area contributed by atoms with Crippen LogP contribution in [0.1, 0.15) is 36.8 Å². The van der Waals surface area contributed by atoms with E-state index in [9.17, 15) is 4.79 Å². The van der Waals surface area contributed by atoms with Gasteiger partial charge in [0.2, 0.25) is 5.78 Å². The molecule has 30 heavy (non-hydrogen) atoms. The van der Waals surface area contributed by atoms with Crippen LogP contribution in [0.2, 0.25) is 0 Å². The number of hydrogen-bond acceptors (Lipinski definition) is 6. The minimum absolute atomic E-state index is 0.00801. The van der Waals surface area contributed by atoms with E-state index in [1.54, 1.807) is 18.4 Å². The van der Waals surface area contributed by atoms with Gasteiger partial charge in [-0.05, 0) is 49.1 Å². The number of hydrogen-bond donors (Lipinski definition) is 0. The van der Waals surface area contributed by atoms with Gasteiger partial charge in [0.15, 0.2) is 18.1 Å². The number of ether oxygens (including phenoxy) is 2. The predicted molar refractivity (Wildman–Crippen MR) is 128 cm³/mol. The van der Waals surface area contributed by atoms with Crippen LogP contribution in [0.15, 0.2) is 41.8 Å². The molecule has 0 radical (unpaired) electrons. The van der Waals surface area contributed by atoms with Crippen molar-refractivity contribution in [3.05, 3.63) is 69.2 Å². The third-order valence-corrected chi connectivity index (χ3v) is 9.17. The third kappa shape index (κ3) is 4.58. The first-order chi connectivity index (χ1) is 14.6. The summed E-state index contributed by atoms with van der Waals surface area (Å²) in [5.41, 5.74) is 4.01. The standard InChI is InChI=1S/C23H25NO3S3/c1-15-11-19(16(2)24(15)13-18-5-4-8-28-18)20(25)14-27-21-7-6-17(12-22(21)26-3)23-29-9-10-30-23/h4-8,11-12,23H,9-10,13-14H2,1-3H3. The molecular weight excluding hydrogens is 434 g/mol. The van der Waals surface area contributed by atoms with Crippen molar-refractivity contribution in [3.63, 3.8) is 0 Å². The maximum Gasteiger partial charge on any atom is 0.202 e. The van der Waals surface area contributed by atoms with Gasteiger partial charge in [0, 0.05) is 33.3 Å². The van der Waals surface area contributed by atoms with Crippen molar-refractivity contribution in [1.82, 2.24) is 4.57 Å². The average molecular weight is 460 g/mol. The Bertz CT molecular complexity index is 1020. The lowest BCUT2D eigenvalue weighted by atomic mass is 10.1. The van der Waals surface area contributed by atoms with Gasteiger partial charge in [-0.3, -0.25) is 4.79 Å². The van der Waals surface area contributed by atoms with E-state index in [0.29, 0.717) is 16.1 Å². The van der Waals surface area contributed by atoms with Crippen LogP contribution in [0, 0.1) is 13.8 Å². The molecule has 1 aliphatic heterocycles. The number of aryl methyl sites for hydroxylation is 1. The Hall–Kier alpha value is -1.83. The number of thioether (sulfide) groups is 2.